The summed E-state index contributed by atoms with van der Waals surface area (Å²) in [5, 5.41) is 8.87. The van der Waals surface area contributed by atoms with Crippen LogP contribution < -0.4 is 0 Å². The van der Waals surface area contributed by atoms with E-state index in [-0.39, 0.29) is 24.7 Å². The number of carbonyl (C=O) groups excluding carboxylic acids is 1. The molecule has 18 heavy (non-hydrogen) atoms. The van der Waals surface area contributed by atoms with Gasteiger partial charge in [0.2, 0.25) is 0 Å². The van der Waals surface area contributed by atoms with Crippen molar-refractivity contribution < 1.29 is 19.4 Å². The van der Waals surface area contributed by atoms with E-state index in [1.54, 1.807) is 4.90 Å². The van der Waals surface area contributed by atoms with Crippen molar-refractivity contribution in [3.8, 4) is 0 Å². The molecule has 1 N–H and O–H groups in total. The van der Waals surface area contributed by atoms with Gasteiger partial charge in [-0.2, -0.15) is 0 Å². The SMILES string of the molecule is CCC1COCCN1C(=O)N(CC(=O)O)C(C)C. The fraction of sp³-hybridized carbons (Fsp3) is 0.833. The molecule has 1 atom stereocenters. The maximum atomic E-state index is 12.4. The molecule has 0 saturated carbocycles. The highest BCUT2D eigenvalue weighted by Gasteiger charge is 2.31. The molecule has 1 unspecified atom stereocenters. The molecule has 0 aromatic heterocycles. The van der Waals surface area contributed by atoms with Crippen LogP contribution in [0.1, 0.15) is 27.2 Å². The maximum Gasteiger partial charge on any atom is 0.323 e. The molecule has 1 rings (SSSR count). The fourth-order valence-corrected chi connectivity index (χ4v) is 2.03. The molecule has 6 heteroatoms. The summed E-state index contributed by atoms with van der Waals surface area (Å²) in [6.45, 7) is 6.95. The number of amides is 2. The first kappa shape index (κ1) is 14.8. The average Bonchev–Trinajstić information content (AvgIpc) is 2.34. The Morgan fingerprint density at radius 3 is 2.67 bits per heavy atom. The molecule has 2 amide bonds. The molecule has 6 nitrogen and oxygen atoms in total. The Bertz CT molecular complexity index is 306. The van der Waals surface area contributed by atoms with Gasteiger partial charge in [0.05, 0.1) is 19.3 Å². The van der Waals surface area contributed by atoms with Gasteiger partial charge >= 0.3 is 12.0 Å². The minimum Gasteiger partial charge on any atom is -0.480 e. The molecule has 1 saturated heterocycles. The molecule has 1 heterocycles. The number of urea groups is 1. The molecule has 1 fully saturated rings. The third-order valence-corrected chi connectivity index (χ3v) is 3.12. The van der Waals surface area contributed by atoms with Crippen LogP contribution in [0.2, 0.25) is 0 Å². The van der Waals surface area contributed by atoms with Gasteiger partial charge in [0, 0.05) is 12.6 Å². The summed E-state index contributed by atoms with van der Waals surface area (Å²) in [6, 6.07) is -0.294. The van der Waals surface area contributed by atoms with Crippen molar-refractivity contribution in [3.05, 3.63) is 0 Å². The number of carbonyl (C=O) groups is 2. The minimum absolute atomic E-state index is 0.0429. The van der Waals surface area contributed by atoms with Crippen molar-refractivity contribution in [3.63, 3.8) is 0 Å². The van der Waals surface area contributed by atoms with Crippen LogP contribution in [-0.4, -0.2) is 65.3 Å². The summed E-state index contributed by atoms with van der Waals surface area (Å²) in [5.41, 5.74) is 0. The van der Waals surface area contributed by atoms with Gasteiger partial charge in [0.1, 0.15) is 6.54 Å². The Morgan fingerprint density at radius 2 is 2.17 bits per heavy atom. The van der Waals surface area contributed by atoms with Crippen molar-refractivity contribution in [2.75, 3.05) is 26.3 Å². The Morgan fingerprint density at radius 1 is 1.50 bits per heavy atom. The van der Waals surface area contributed by atoms with Gasteiger partial charge in [-0.3, -0.25) is 4.79 Å². The van der Waals surface area contributed by atoms with Crippen LogP contribution in [-0.2, 0) is 9.53 Å². The Balaban J connectivity index is 2.77. The molecule has 0 aromatic carbocycles. The number of nitrogens with zero attached hydrogens (tertiary/aromatic N) is 2. The maximum absolute atomic E-state index is 12.4. The van der Waals surface area contributed by atoms with E-state index >= 15 is 0 Å². The molecular formula is C12H22N2O4. The van der Waals surface area contributed by atoms with Crippen LogP contribution in [0.25, 0.3) is 0 Å². The highest BCUT2D eigenvalue weighted by molar-refractivity contribution is 5.80. The first-order valence-corrected chi connectivity index (χ1v) is 6.34. The molecular weight excluding hydrogens is 236 g/mol. The van der Waals surface area contributed by atoms with E-state index in [1.165, 1.54) is 4.90 Å². The second kappa shape index (κ2) is 6.58. The van der Waals surface area contributed by atoms with Crippen LogP contribution in [0.5, 0.6) is 0 Å². The second-order valence-corrected chi connectivity index (χ2v) is 4.73. The number of rotatable bonds is 4. The van der Waals surface area contributed by atoms with Crippen molar-refractivity contribution in [1.29, 1.82) is 0 Å². The molecule has 0 radical (unpaired) electrons. The predicted molar refractivity (Wildman–Crippen MR) is 66.5 cm³/mol. The van der Waals surface area contributed by atoms with Crippen LogP contribution in [0.15, 0.2) is 0 Å². The summed E-state index contributed by atoms with van der Waals surface area (Å²) < 4.78 is 5.35. The number of hydrogen-bond donors (Lipinski definition) is 1. The normalized spacial score (nSPS) is 20.0. The summed E-state index contributed by atoms with van der Waals surface area (Å²) >= 11 is 0. The molecule has 0 bridgehead atoms. The molecule has 1 aliphatic rings. The summed E-state index contributed by atoms with van der Waals surface area (Å²) in [4.78, 5) is 26.3. The smallest absolute Gasteiger partial charge is 0.323 e. The first-order valence-electron chi connectivity index (χ1n) is 6.34. The van der Waals surface area contributed by atoms with Gasteiger partial charge < -0.3 is 19.6 Å². The van der Waals surface area contributed by atoms with E-state index in [0.717, 1.165) is 6.42 Å². The number of aliphatic carboxylic acids is 1. The van der Waals surface area contributed by atoms with Crippen molar-refractivity contribution in [2.45, 2.75) is 39.3 Å². The second-order valence-electron chi connectivity index (χ2n) is 4.73. The minimum atomic E-state index is -0.988. The van der Waals surface area contributed by atoms with Gasteiger partial charge in [-0.05, 0) is 20.3 Å². The van der Waals surface area contributed by atoms with Crippen LogP contribution >= 0.6 is 0 Å². The van der Waals surface area contributed by atoms with E-state index in [9.17, 15) is 9.59 Å². The number of ether oxygens (including phenoxy) is 1. The lowest BCUT2D eigenvalue weighted by Crippen LogP contribution is -2.55. The van der Waals surface area contributed by atoms with E-state index in [0.29, 0.717) is 19.8 Å². The zero-order valence-corrected chi connectivity index (χ0v) is 11.3. The first-order chi connectivity index (χ1) is 8.47. The third-order valence-electron chi connectivity index (χ3n) is 3.12. The van der Waals surface area contributed by atoms with Gasteiger partial charge in [-0.1, -0.05) is 6.92 Å². The molecule has 104 valence electrons. The highest BCUT2D eigenvalue weighted by atomic mass is 16.5. The lowest BCUT2D eigenvalue weighted by molar-refractivity contribution is -0.138. The van der Waals surface area contributed by atoms with Gasteiger partial charge in [0.25, 0.3) is 0 Å². The van der Waals surface area contributed by atoms with Crippen molar-refractivity contribution in [2.24, 2.45) is 0 Å². The zero-order valence-electron chi connectivity index (χ0n) is 11.3. The monoisotopic (exact) mass is 258 g/mol. The lowest BCUT2D eigenvalue weighted by Gasteiger charge is -2.39. The van der Waals surface area contributed by atoms with Crippen molar-refractivity contribution in [1.82, 2.24) is 9.80 Å². The van der Waals surface area contributed by atoms with Crippen molar-refractivity contribution >= 4 is 12.0 Å². The molecule has 0 aliphatic carbocycles. The number of carboxylic acid groups (broad SMARTS) is 1. The van der Waals surface area contributed by atoms with E-state index < -0.39 is 5.97 Å². The molecule has 1 aliphatic heterocycles. The lowest BCUT2D eigenvalue weighted by atomic mass is 10.2. The van der Waals surface area contributed by atoms with Crippen LogP contribution in [0, 0.1) is 0 Å². The summed E-state index contributed by atoms with van der Waals surface area (Å²) in [5.74, 6) is -0.988. The Labute approximate surface area is 107 Å². The standard InChI is InChI=1S/C12H22N2O4/c1-4-10-8-18-6-5-13(10)12(17)14(9(2)3)7-11(15)16/h9-10H,4-8H2,1-3H3,(H,15,16). The zero-order chi connectivity index (χ0) is 13.7. The number of carboxylic acids is 1. The summed E-state index contributed by atoms with van der Waals surface area (Å²) in [7, 11) is 0. The quantitative estimate of drug-likeness (QED) is 0.817. The van der Waals surface area contributed by atoms with E-state index in [1.807, 2.05) is 20.8 Å². The van der Waals surface area contributed by atoms with Gasteiger partial charge in [0.15, 0.2) is 0 Å². The topological polar surface area (TPSA) is 70.1 Å². The fourth-order valence-electron chi connectivity index (χ4n) is 2.03. The number of morpholine rings is 1. The van der Waals surface area contributed by atoms with Gasteiger partial charge in [-0.15, -0.1) is 0 Å². The molecule has 0 aromatic rings. The van der Waals surface area contributed by atoms with E-state index in [4.69, 9.17) is 9.84 Å². The highest BCUT2D eigenvalue weighted by Crippen LogP contribution is 2.14. The summed E-state index contributed by atoms with van der Waals surface area (Å²) in [6.07, 6.45) is 0.810. The predicted octanol–water partition coefficient (Wildman–Crippen LogP) is 1.01. The third kappa shape index (κ3) is 3.60. The Hall–Kier alpha value is -1.30. The van der Waals surface area contributed by atoms with E-state index in [2.05, 4.69) is 0 Å². The van der Waals surface area contributed by atoms with Gasteiger partial charge in [-0.25, -0.2) is 4.79 Å². The Kier molecular flexibility index (Phi) is 5.40. The largest absolute Gasteiger partial charge is 0.480 e. The van der Waals surface area contributed by atoms with Crippen LogP contribution in [0.3, 0.4) is 0 Å². The average molecular weight is 258 g/mol. The number of hydrogen-bond acceptors (Lipinski definition) is 3. The molecule has 0 spiro atoms. The van der Waals surface area contributed by atoms with Crippen LogP contribution in [0.4, 0.5) is 4.79 Å².